The zero-order valence-corrected chi connectivity index (χ0v) is 14.6. The van der Waals surface area contributed by atoms with Crippen LogP contribution < -0.4 is 9.64 Å². The second-order valence-electron chi connectivity index (χ2n) is 5.82. The summed E-state index contributed by atoms with van der Waals surface area (Å²) < 4.78 is 7.05. The van der Waals surface area contributed by atoms with Crippen molar-refractivity contribution in [1.29, 1.82) is 0 Å². The summed E-state index contributed by atoms with van der Waals surface area (Å²) in [5.41, 5.74) is 0.879. The molecule has 0 saturated carbocycles. The van der Waals surface area contributed by atoms with Crippen molar-refractivity contribution in [3.8, 4) is 5.75 Å². The van der Waals surface area contributed by atoms with E-state index in [-0.39, 0.29) is 11.9 Å². The first-order chi connectivity index (χ1) is 11.6. The Balaban J connectivity index is 1.64. The van der Waals surface area contributed by atoms with Gasteiger partial charge in [-0.25, -0.2) is 0 Å². The Morgan fingerprint density at radius 1 is 1.33 bits per heavy atom. The van der Waals surface area contributed by atoms with Gasteiger partial charge >= 0.3 is 0 Å². The second kappa shape index (κ2) is 7.23. The Kier molecular flexibility index (Phi) is 5.06. The highest BCUT2D eigenvalue weighted by Crippen LogP contribution is 2.24. The van der Waals surface area contributed by atoms with E-state index in [9.17, 15) is 4.79 Å². The molecule has 3 rings (SSSR count). The van der Waals surface area contributed by atoms with Crippen LogP contribution in [0.1, 0.15) is 6.92 Å². The highest BCUT2D eigenvalue weighted by Gasteiger charge is 2.32. The third kappa shape index (κ3) is 3.55. The molecule has 1 atom stereocenters. The number of anilines is 1. The molecule has 0 N–H and O–H groups in total. The van der Waals surface area contributed by atoms with E-state index in [1.807, 2.05) is 36.1 Å². The fourth-order valence-electron chi connectivity index (χ4n) is 2.95. The van der Waals surface area contributed by atoms with Gasteiger partial charge in [0.1, 0.15) is 5.75 Å². The van der Waals surface area contributed by atoms with Gasteiger partial charge in [-0.2, -0.15) is 5.10 Å². The Labute approximate surface area is 146 Å². The summed E-state index contributed by atoms with van der Waals surface area (Å²) in [6, 6.07) is 7.44. The largest absolute Gasteiger partial charge is 0.497 e. The van der Waals surface area contributed by atoms with E-state index in [0.29, 0.717) is 18.1 Å². The minimum absolute atomic E-state index is 0.105. The van der Waals surface area contributed by atoms with Crippen molar-refractivity contribution >= 4 is 23.2 Å². The standard InChI is InChI=1S/C17H21ClN4O2/c1-13-17(23)22(15-4-3-5-16(10-15)24-2)9-7-20(13)6-8-21-12-14(18)11-19-21/h3-5,10-13H,6-9H2,1-2H3/t13-/m0/s1. The number of rotatable bonds is 5. The van der Waals surface area contributed by atoms with Crippen molar-refractivity contribution in [3.63, 3.8) is 0 Å². The van der Waals surface area contributed by atoms with Crippen LogP contribution in [0.15, 0.2) is 36.7 Å². The molecule has 0 unspecified atom stereocenters. The third-order valence-electron chi connectivity index (χ3n) is 4.37. The number of methoxy groups -OCH3 is 1. The molecule has 2 aromatic rings. The maximum atomic E-state index is 12.8. The van der Waals surface area contributed by atoms with Gasteiger partial charge in [-0.3, -0.25) is 14.4 Å². The lowest BCUT2D eigenvalue weighted by Crippen LogP contribution is -2.56. The van der Waals surface area contributed by atoms with Crippen molar-refractivity contribution in [2.75, 3.05) is 31.6 Å². The first-order valence-electron chi connectivity index (χ1n) is 7.96. The average molecular weight is 349 g/mol. The number of piperazine rings is 1. The number of carbonyl (C=O) groups excluding carboxylic acids is 1. The molecule has 1 amide bonds. The van der Waals surface area contributed by atoms with Crippen LogP contribution >= 0.6 is 11.6 Å². The van der Waals surface area contributed by atoms with Crippen molar-refractivity contribution in [1.82, 2.24) is 14.7 Å². The summed E-state index contributed by atoms with van der Waals surface area (Å²) in [7, 11) is 1.63. The first-order valence-corrected chi connectivity index (χ1v) is 8.33. The highest BCUT2D eigenvalue weighted by atomic mass is 35.5. The van der Waals surface area contributed by atoms with Crippen LogP contribution in [-0.2, 0) is 11.3 Å². The lowest BCUT2D eigenvalue weighted by atomic mass is 10.1. The molecule has 0 bridgehead atoms. The van der Waals surface area contributed by atoms with Gasteiger partial charge in [0.25, 0.3) is 0 Å². The van der Waals surface area contributed by atoms with Gasteiger partial charge in [-0.1, -0.05) is 17.7 Å². The van der Waals surface area contributed by atoms with E-state index in [2.05, 4.69) is 10.00 Å². The highest BCUT2D eigenvalue weighted by molar-refractivity contribution is 6.30. The van der Waals surface area contributed by atoms with Crippen LogP contribution in [0.4, 0.5) is 5.69 Å². The number of aromatic nitrogens is 2. The van der Waals surface area contributed by atoms with Gasteiger partial charge in [0.15, 0.2) is 0 Å². The summed E-state index contributed by atoms with van der Waals surface area (Å²) in [6.45, 7) is 4.90. The van der Waals surface area contributed by atoms with E-state index in [0.717, 1.165) is 24.5 Å². The summed E-state index contributed by atoms with van der Waals surface area (Å²) in [5, 5.41) is 4.80. The van der Waals surface area contributed by atoms with Crippen LogP contribution in [0.25, 0.3) is 0 Å². The first kappa shape index (κ1) is 16.8. The Morgan fingerprint density at radius 2 is 2.17 bits per heavy atom. The molecular weight excluding hydrogens is 328 g/mol. The molecule has 2 heterocycles. The lowest BCUT2D eigenvalue weighted by molar-refractivity contribution is -0.125. The van der Waals surface area contributed by atoms with Gasteiger partial charge < -0.3 is 9.64 Å². The molecule has 1 aromatic carbocycles. The third-order valence-corrected chi connectivity index (χ3v) is 4.56. The van der Waals surface area contributed by atoms with Gasteiger partial charge in [0.05, 0.1) is 30.9 Å². The van der Waals surface area contributed by atoms with Crippen molar-refractivity contribution in [2.24, 2.45) is 0 Å². The fraction of sp³-hybridized carbons (Fsp3) is 0.412. The molecule has 128 valence electrons. The molecule has 1 aromatic heterocycles. The van der Waals surface area contributed by atoms with Crippen LogP contribution in [-0.4, -0.2) is 53.4 Å². The molecule has 1 aliphatic rings. The maximum Gasteiger partial charge on any atom is 0.244 e. The van der Waals surface area contributed by atoms with Crippen LogP contribution in [0, 0.1) is 0 Å². The lowest BCUT2D eigenvalue weighted by Gasteiger charge is -2.39. The predicted molar refractivity (Wildman–Crippen MR) is 93.6 cm³/mol. The van der Waals surface area contributed by atoms with E-state index in [4.69, 9.17) is 16.3 Å². The molecule has 0 spiro atoms. The van der Waals surface area contributed by atoms with Crippen LogP contribution in [0.5, 0.6) is 5.75 Å². The number of benzene rings is 1. The molecule has 6 nitrogen and oxygen atoms in total. The number of ether oxygens (including phenoxy) is 1. The zero-order chi connectivity index (χ0) is 17.1. The fourth-order valence-corrected chi connectivity index (χ4v) is 3.10. The quantitative estimate of drug-likeness (QED) is 0.832. The van der Waals surface area contributed by atoms with Crippen molar-refractivity contribution < 1.29 is 9.53 Å². The predicted octanol–water partition coefficient (Wildman–Crippen LogP) is 2.28. The summed E-state index contributed by atoms with van der Waals surface area (Å²) >= 11 is 5.88. The number of nitrogens with zero attached hydrogens (tertiary/aromatic N) is 4. The van der Waals surface area contributed by atoms with E-state index in [1.165, 1.54) is 0 Å². The molecule has 0 radical (unpaired) electrons. The van der Waals surface area contributed by atoms with Crippen LogP contribution in [0.2, 0.25) is 5.02 Å². The van der Waals surface area contributed by atoms with Crippen molar-refractivity contribution in [3.05, 3.63) is 41.7 Å². The number of amides is 1. The number of hydrogen-bond donors (Lipinski definition) is 0. The molecule has 24 heavy (non-hydrogen) atoms. The zero-order valence-electron chi connectivity index (χ0n) is 13.9. The Bertz CT molecular complexity index is 718. The van der Waals surface area contributed by atoms with Crippen LogP contribution in [0.3, 0.4) is 0 Å². The van der Waals surface area contributed by atoms with E-state index >= 15 is 0 Å². The molecule has 1 saturated heterocycles. The minimum atomic E-state index is -0.170. The van der Waals surface area contributed by atoms with Crippen molar-refractivity contribution in [2.45, 2.75) is 19.5 Å². The number of halogens is 1. The Morgan fingerprint density at radius 3 is 2.88 bits per heavy atom. The average Bonchev–Trinajstić information content (AvgIpc) is 3.01. The maximum absolute atomic E-state index is 12.8. The number of hydrogen-bond acceptors (Lipinski definition) is 4. The smallest absolute Gasteiger partial charge is 0.244 e. The Hall–Kier alpha value is -2.05. The van der Waals surface area contributed by atoms with Gasteiger partial charge in [-0.15, -0.1) is 0 Å². The van der Waals surface area contributed by atoms with Gasteiger partial charge in [0, 0.05) is 37.6 Å². The van der Waals surface area contributed by atoms with E-state index in [1.54, 1.807) is 24.2 Å². The summed E-state index contributed by atoms with van der Waals surface area (Å²) in [6.07, 6.45) is 3.41. The SMILES string of the molecule is COc1cccc(N2CCN(CCn3cc(Cl)cn3)[C@@H](C)C2=O)c1. The monoisotopic (exact) mass is 348 g/mol. The second-order valence-corrected chi connectivity index (χ2v) is 6.26. The van der Waals surface area contributed by atoms with E-state index < -0.39 is 0 Å². The summed E-state index contributed by atoms with van der Waals surface area (Å²) in [5.74, 6) is 0.860. The van der Waals surface area contributed by atoms with Gasteiger partial charge in [0.2, 0.25) is 5.91 Å². The molecule has 0 aliphatic carbocycles. The molecule has 1 aliphatic heterocycles. The molecular formula is C17H21ClN4O2. The minimum Gasteiger partial charge on any atom is -0.497 e. The van der Waals surface area contributed by atoms with Gasteiger partial charge in [-0.05, 0) is 19.1 Å². The summed E-state index contributed by atoms with van der Waals surface area (Å²) in [4.78, 5) is 16.8. The normalized spacial score (nSPS) is 18.9. The molecule has 7 heteroatoms. The number of carbonyl (C=O) groups is 1. The topological polar surface area (TPSA) is 50.6 Å². The molecule has 1 fully saturated rings.